The summed E-state index contributed by atoms with van der Waals surface area (Å²) < 4.78 is 25.5. The van der Waals surface area contributed by atoms with Crippen LogP contribution in [0, 0.1) is 5.41 Å². The highest BCUT2D eigenvalue weighted by molar-refractivity contribution is 7.10. The molecule has 2 heterocycles. The van der Waals surface area contributed by atoms with Gasteiger partial charge in [-0.05, 0) is 35.1 Å². The summed E-state index contributed by atoms with van der Waals surface area (Å²) >= 11 is 1.59. The molecule has 1 atom stereocenters. The fourth-order valence-electron chi connectivity index (χ4n) is 2.66. The Kier molecular flexibility index (Phi) is 4.60. The van der Waals surface area contributed by atoms with Crippen LogP contribution in [-0.2, 0) is 0 Å². The molecule has 0 aliphatic heterocycles. The number of fused-ring (bicyclic) bond motifs is 1. The van der Waals surface area contributed by atoms with Crippen LogP contribution in [0.3, 0.4) is 0 Å². The number of carbonyl (C=O) groups excluding carboxylic acids is 1. The molecule has 25 heavy (non-hydrogen) atoms. The summed E-state index contributed by atoms with van der Waals surface area (Å²) in [7, 11) is 0. The predicted molar refractivity (Wildman–Crippen MR) is 95.0 cm³/mol. The van der Waals surface area contributed by atoms with Crippen LogP contribution >= 0.6 is 11.3 Å². The van der Waals surface area contributed by atoms with Gasteiger partial charge in [-0.2, -0.15) is 0 Å². The highest BCUT2D eigenvalue weighted by Gasteiger charge is 2.29. The molecule has 0 bridgehead atoms. The Bertz CT molecular complexity index is 881. The lowest BCUT2D eigenvalue weighted by Crippen LogP contribution is -2.36. The van der Waals surface area contributed by atoms with E-state index in [9.17, 15) is 13.6 Å². The second kappa shape index (κ2) is 6.55. The Hall–Kier alpha value is -2.28. The zero-order valence-electron chi connectivity index (χ0n) is 14.1. The largest absolute Gasteiger partial charge is 0.344 e. The van der Waals surface area contributed by atoms with Gasteiger partial charge < -0.3 is 10.3 Å². The van der Waals surface area contributed by atoms with Crippen LogP contribution in [0.15, 0.2) is 35.7 Å². The van der Waals surface area contributed by atoms with Crippen molar-refractivity contribution in [3.05, 3.63) is 52.0 Å². The molecule has 0 aliphatic rings. The van der Waals surface area contributed by atoms with E-state index in [2.05, 4.69) is 36.1 Å². The molecule has 0 saturated heterocycles. The van der Waals surface area contributed by atoms with E-state index in [1.54, 1.807) is 29.5 Å². The summed E-state index contributed by atoms with van der Waals surface area (Å²) in [4.78, 5) is 20.1. The van der Waals surface area contributed by atoms with Crippen LogP contribution in [0.5, 0.6) is 0 Å². The molecular weight excluding hydrogens is 344 g/mol. The lowest BCUT2D eigenvalue weighted by Gasteiger charge is -2.30. The second-order valence-corrected chi connectivity index (χ2v) is 7.92. The minimum Gasteiger partial charge on any atom is -0.344 e. The molecule has 0 fully saturated rings. The van der Waals surface area contributed by atoms with Gasteiger partial charge >= 0.3 is 0 Å². The highest BCUT2D eigenvalue weighted by Crippen LogP contribution is 2.35. The molecule has 2 aromatic heterocycles. The fourth-order valence-corrected chi connectivity index (χ4v) is 3.68. The second-order valence-electron chi connectivity index (χ2n) is 6.94. The van der Waals surface area contributed by atoms with E-state index in [-0.39, 0.29) is 17.4 Å². The maximum absolute atomic E-state index is 12.8. The summed E-state index contributed by atoms with van der Waals surface area (Å²) in [5.74, 6) is -0.637. The molecule has 3 aromatic rings. The van der Waals surface area contributed by atoms with Gasteiger partial charge in [0.15, 0.2) is 5.82 Å². The average Bonchev–Trinajstić information content (AvgIpc) is 3.19. The Morgan fingerprint density at radius 1 is 1.28 bits per heavy atom. The Balaban J connectivity index is 1.88. The van der Waals surface area contributed by atoms with Crippen LogP contribution in [0.1, 0.15) is 54.3 Å². The minimum absolute atomic E-state index is 0.144. The quantitative estimate of drug-likeness (QED) is 0.679. The van der Waals surface area contributed by atoms with E-state index in [4.69, 9.17) is 0 Å². The number of nitrogens with zero attached hydrogens (tertiary/aromatic N) is 1. The number of H-pyrrole nitrogens is 1. The maximum Gasteiger partial charge on any atom is 0.295 e. The third-order valence-corrected chi connectivity index (χ3v) is 4.88. The first-order valence-electron chi connectivity index (χ1n) is 7.88. The molecule has 3 rings (SSSR count). The van der Waals surface area contributed by atoms with Crippen LogP contribution in [0.2, 0.25) is 0 Å². The number of aromatic amines is 1. The summed E-state index contributed by atoms with van der Waals surface area (Å²) in [5.41, 5.74) is 1.08. The molecular formula is C18H19F2N3OS. The third-order valence-electron chi connectivity index (χ3n) is 3.94. The maximum atomic E-state index is 12.8. The molecule has 4 nitrogen and oxygen atoms in total. The molecule has 1 unspecified atom stereocenters. The number of thiophene rings is 1. The molecule has 7 heteroatoms. The molecule has 0 saturated carbocycles. The lowest BCUT2D eigenvalue weighted by molar-refractivity contribution is 0.0903. The molecule has 1 amide bonds. The Labute approximate surface area is 148 Å². The van der Waals surface area contributed by atoms with Gasteiger partial charge in [-0.15, -0.1) is 11.3 Å². The van der Waals surface area contributed by atoms with Crippen LogP contribution in [0.4, 0.5) is 8.78 Å². The number of carbonyl (C=O) groups is 1. The number of alkyl halides is 2. The summed E-state index contributed by atoms with van der Waals surface area (Å²) in [5, 5.41) is 5.03. The van der Waals surface area contributed by atoms with Crippen molar-refractivity contribution in [1.82, 2.24) is 15.3 Å². The van der Waals surface area contributed by atoms with Crippen molar-refractivity contribution >= 4 is 28.3 Å². The molecule has 0 spiro atoms. The normalized spacial score (nSPS) is 13.4. The van der Waals surface area contributed by atoms with Gasteiger partial charge in [0.25, 0.3) is 12.3 Å². The average molecular weight is 363 g/mol. The van der Waals surface area contributed by atoms with Gasteiger partial charge in [0.2, 0.25) is 0 Å². The van der Waals surface area contributed by atoms with E-state index in [0.717, 1.165) is 4.88 Å². The van der Waals surface area contributed by atoms with Crippen LogP contribution in [-0.4, -0.2) is 15.9 Å². The first-order valence-corrected chi connectivity index (χ1v) is 8.76. The van der Waals surface area contributed by atoms with Gasteiger partial charge in [-0.1, -0.05) is 26.8 Å². The number of halogens is 2. The molecule has 0 aliphatic carbocycles. The van der Waals surface area contributed by atoms with E-state index >= 15 is 0 Å². The summed E-state index contributed by atoms with van der Waals surface area (Å²) in [6, 6.07) is 8.53. The summed E-state index contributed by atoms with van der Waals surface area (Å²) in [6.07, 6.45) is -2.67. The number of hydrogen-bond acceptors (Lipinski definition) is 3. The number of hydrogen-bond donors (Lipinski definition) is 2. The zero-order valence-corrected chi connectivity index (χ0v) is 15.0. The van der Waals surface area contributed by atoms with Crippen LogP contribution in [0.25, 0.3) is 11.0 Å². The summed E-state index contributed by atoms with van der Waals surface area (Å²) in [6.45, 7) is 6.18. The number of imidazole rings is 1. The van der Waals surface area contributed by atoms with Gasteiger partial charge in [0.1, 0.15) is 0 Å². The van der Waals surface area contributed by atoms with E-state index in [1.165, 1.54) is 0 Å². The van der Waals surface area contributed by atoms with Crippen molar-refractivity contribution in [1.29, 1.82) is 0 Å². The number of aromatic nitrogens is 2. The topological polar surface area (TPSA) is 57.8 Å². The van der Waals surface area contributed by atoms with Crippen molar-refractivity contribution in [3.63, 3.8) is 0 Å². The fraction of sp³-hybridized carbons (Fsp3) is 0.333. The van der Waals surface area contributed by atoms with Crippen molar-refractivity contribution in [2.24, 2.45) is 5.41 Å². The highest BCUT2D eigenvalue weighted by atomic mass is 32.1. The SMILES string of the molecule is CC(C)(C)C(NC(=O)c1ccc2nc(C(F)F)[nH]c2c1)c1cccs1. The first-order chi connectivity index (χ1) is 11.8. The van der Waals surface area contributed by atoms with Crippen molar-refractivity contribution in [3.8, 4) is 0 Å². The van der Waals surface area contributed by atoms with E-state index in [0.29, 0.717) is 16.6 Å². The first kappa shape index (κ1) is 17.5. The zero-order chi connectivity index (χ0) is 18.2. The van der Waals surface area contributed by atoms with Crippen molar-refractivity contribution < 1.29 is 13.6 Å². The molecule has 2 N–H and O–H groups in total. The van der Waals surface area contributed by atoms with Gasteiger partial charge in [0.05, 0.1) is 17.1 Å². The number of amides is 1. The number of nitrogens with one attached hydrogen (secondary N) is 2. The third kappa shape index (κ3) is 3.71. The molecule has 132 valence electrons. The van der Waals surface area contributed by atoms with Gasteiger partial charge in [-0.25, -0.2) is 13.8 Å². The Morgan fingerprint density at radius 2 is 2.04 bits per heavy atom. The minimum atomic E-state index is -2.67. The molecule has 0 radical (unpaired) electrons. The number of rotatable bonds is 4. The van der Waals surface area contributed by atoms with E-state index < -0.39 is 12.2 Å². The van der Waals surface area contributed by atoms with Crippen LogP contribution < -0.4 is 5.32 Å². The number of benzene rings is 1. The Morgan fingerprint density at radius 3 is 2.64 bits per heavy atom. The molecule has 1 aromatic carbocycles. The van der Waals surface area contributed by atoms with Crippen molar-refractivity contribution in [2.75, 3.05) is 0 Å². The smallest absolute Gasteiger partial charge is 0.295 e. The predicted octanol–water partition coefficient (Wildman–Crippen LogP) is 5.08. The standard InChI is InChI=1S/C18H19F2N3OS/c1-18(2,3)14(13-5-4-8-25-13)23-17(24)10-6-7-11-12(9-10)22-16(21-11)15(19)20/h4-9,14-15H,1-3H3,(H,21,22)(H,23,24). The monoisotopic (exact) mass is 363 g/mol. The van der Waals surface area contributed by atoms with Gasteiger partial charge in [-0.3, -0.25) is 4.79 Å². The lowest BCUT2D eigenvalue weighted by atomic mass is 9.85. The van der Waals surface area contributed by atoms with E-state index in [1.807, 2.05) is 17.5 Å². The van der Waals surface area contributed by atoms with Gasteiger partial charge in [0, 0.05) is 10.4 Å². The van der Waals surface area contributed by atoms with Crippen molar-refractivity contribution in [2.45, 2.75) is 33.2 Å².